The Morgan fingerprint density at radius 3 is 0.695 bits per heavy atom. The predicted molar refractivity (Wildman–Crippen MR) is 358 cm³/mol. The van der Waals surface area contributed by atoms with Gasteiger partial charge in [-0.1, -0.05) is 345 Å². The Hall–Kier alpha value is -2.63. The van der Waals surface area contributed by atoms with Crippen molar-refractivity contribution in [2.45, 2.75) is 406 Å². The number of carbonyl (C=O) groups excluding carboxylic acids is 3. The summed E-state index contributed by atoms with van der Waals surface area (Å²) >= 11 is 0. The minimum absolute atomic E-state index is 0.0690. The van der Waals surface area contributed by atoms with Gasteiger partial charge in [0, 0.05) is 19.3 Å². The third-order valence-electron chi connectivity index (χ3n) is 16.6. The molecular weight excluding hydrogens is 1010 g/mol. The molecule has 0 aliphatic carbocycles. The van der Waals surface area contributed by atoms with Gasteiger partial charge in [0.1, 0.15) is 13.2 Å². The van der Waals surface area contributed by atoms with E-state index in [9.17, 15) is 14.4 Å². The molecule has 0 aromatic heterocycles. The smallest absolute Gasteiger partial charge is 0.306 e. The first kappa shape index (κ1) is 79.4. The third-order valence-corrected chi connectivity index (χ3v) is 16.6. The highest BCUT2D eigenvalue weighted by Crippen LogP contribution is 2.18. The summed E-state index contributed by atoms with van der Waals surface area (Å²) in [6.45, 7) is 6.69. The molecule has 1 unspecified atom stereocenters. The Kier molecular flexibility index (Phi) is 68.6. The summed E-state index contributed by atoms with van der Waals surface area (Å²) in [4.78, 5) is 38.5. The van der Waals surface area contributed by atoms with Crippen molar-refractivity contribution in [2.75, 3.05) is 13.2 Å². The minimum Gasteiger partial charge on any atom is -0.462 e. The predicted octanol–water partition coefficient (Wildman–Crippen LogP) is 25.3. The van der Waals surface area contributed by atoms with E-state index in [0.29, 0.717) is 19.3 Å². The third kappa shape index (κ3) is 68.2. The first-order valence-corrected chi connectivity index (χ1v) is 36.6. The van der Waals surface area contributed by atoms with Crippen molar-refractivity contribution in [2.24, 2.45) is 0 Å². The van der Waals surface area contributed by atoms with Crippen LogP contribution in [0.1, 0.15) is 400 Å². The second-order valence-electron chi connectivity index (χ2n) is 24.9. The molecule has 0 aliphatic rings. The summed E-state index contributed by atoms with van der Waals surface area (Å²) in [5, 5.41) is 0. The van der Waals surface area contributed by atoms with Gasteiger partial charge in [-0.25, -0.2) is 0 Å². The second kappa shape index (κ2) is 70.9. The molecule has 82 heavy (non-hydrogen) atoms. The van der Waals surface area contributed by atoms with Gasteiger partial charge in [-0.15, -0.1) is 0 Å². The van der Waals surface area contributed by atoms with E-state index >= 15 is 0 Å². The Morgan fingerprint density at radius 1 is 0.244 bits per heavy atom. The SMILES string of the molecule is CCCCCCC/C=C\C/C=C\C/C=C\CCCCCCCCCCCCCCCCCCC(=O)OCC(COC(=O)CCCCCCCCCCCCCCCCCC)OC(=O)CCCCCCCCC/C=C\CCCCCCCC. The molecule has 0 saturated carbocycles. The van der Waals surface area contributed by atoms with Crippen molar-refractivity contribution in [3.8, 4) is 0 Å². The number of allylic oxidation sites excluding steroid dienone is 8. The van der Waals surface area contributed by atoms with Gasteiger partial charge in [0.15, 0.2) is 6.10 Å². The van der Waals surface area contributed by atoms with Crippen molar-refractivity contribution >= 4 is 17.9 Å². The van der Waals surface area contributed by atoms with Crippen molar-refractivity contribution < 1.29 is 28.6 Å². The van der Waals surface area contributed by atoms with Crippen LogP contribution in [0.15, 0.2) is 48.6 Å². The molecule has 6 heteroatoms. The Morgan fingerprint density at radius 2 is 0.439 bits per heavy atom. The van der Waals surface area contributed by atoms with Crippen molar-refractivity contribution in [1.82, 2.24) is 0 Å². The molecule has 0 saturated heterocycles. The molecular formula is C76H140O6. The lowest BCUT2D eigenvalue weighted by molar-refractivity contribution is -0.167. The van der Waals surface area contributed by atoms with Gasteiger partial charge in [0.2, 0.25) is 0 Å². The molecule has 0 N–H and O–H groups in total. The van der Waals surface area contributed by atoms with Gasteiger partial charge < -0.3 is 14.2 Å². The van der Waals surface area contributed by atoms with Gasteiger partial charge in [-0.2, -0.15) is 0 Å². The average molecular weight is 1150 g/mol. The fourth-order valence-corrected chi connectivity index (χ4v) is 11.0. The van der Waals surface area contributed by atoms with E-state index in [-0.39, 0.29) is 31.1 Å². The Balaban J connectivity index is 4.20. The van der Waals surface area contributed by atoms with Crippen molar-refractivity contribution in [3.63, 3.8) is 0 Å². The minimum atomic E-state index is -0.774. The summed E-state index contributed by atoms with van der Waals surface area (Å²) in [5.74, 6) is -0.844. The van der Waals surface area contributed by atoms with Crippen LogP contribution in [0, 0.1) is 0 Å². The molecule has 0 radical (unpaired) electrons. The highest BCUT2D eigenvalue weighted by molar-refractivity contribution is 5.71. The maximum absolute atomic E-state index is 12.9. The quantitative estimate of drug-likeness (QED) is 0.0261. The molecule has 0 bridgehead atoms. The number of unbranched alkanes of at least 4 members (excludes halogenated alkanes) is 49. The molecule has 0 fully saturated rings. The number of ether oxygens (including phenoxy) is 3. The molecule has 1 atom stereocenters. The van der Waals surface area contributed by atoms with E-state index in [1.165, 1.54) is 289 Å². The molecule has 0 amide bonds. The summed E-state index contributed by atoms with van der Waals surface area (Å²) in [5.41, 5.74) is 0. The fraction of sp³-hybridized carbons (Fsp3) is 0.855. The zero-order chi connectivity index (χ0) is 59.2. The van der Waals surface area contributed by atoms with Gasteiger partial charge in [-0.05, 0) is 83.5 Å². The first-order chi connectivity index (χ1) is 40.5. The van der Waals surface area contributed by atoms with E-state index in [2.05, 4.69) is 69.4 Å². The largest absolute Gasteiger partial charge is 0.462 e. The van der Waals surface area contributed by atoms with Crippen LogP contribution in [0.2, 0.25) is 0 Å². The van der Waals surface area contributed by atoms with Crippen LogP contribution in [0.4, 0.5) is 0 Å². The lowest BCUT2D eigenvalue weighted by Gasteiger charge is -2.18. The number of carbonyl (C=O) groups is 3. The van der Waals surface area contributed by atoms with Crippen molar-refractivity contribution in [1.29, 1.82) is 0 Å². The number of hydrogen-bond donors (Lipinski definition) is 0. The standard InChI is InChI=1S/C76H140O6/c1-4-7-10-13-16-19-22-25-28-31-32-33-34-35-36-37-38-39-40-41-42-43-44-46-48-51-54-57-60-63-66-69-75(78)81-72-73(71-80-74(77)68-65-62-59-56-53-50-47-30-27-24-21-18-15-12-9-6-3)82-76(79)70-67-64-61-58-55-52-49-45-29-26-23-20-17-14-11-8-5-2/h22,25-26,29,31-32,34-35,73H,4-21,23-24,27-28,30,33,36-72H2,1-3H3/b25-22-,29-26-,32-31-,35-34-. The molecule has 480 valence electrons. The van der Waals surface area contributed by atoms with E-state index in [4.69, 9.17) is 14.2 Å². The zero-order valence-corrected chi connectivity index (χ0v) is 55.3. The average Bonchev–Trinajstić information content (AvgIpc) is 3.48. The van der Waals surface area contributed by atoms with Gasteiger partial charge in [-0.3, -0.25) is 14.4 Å². The molecule has 0 aliphatic heterocycles. The highest BCUT2D eigenvalue weighted by Gasteiger charge is 2.19. The lowest BCUT2D eigenvalue weighted by Crippen LogP contribution is -2.30. The van der Waals surface area contributed by atoms with Gasteiger partial charge in [0.25, 0.3) is 0 Å². The van der Waals surface area contributed by atoms with E-state index in [1.54, 1.807) is 0 Å². The van der Waals surface area contributed by atoms with Crippen LogP contribution >= 0.6 is 0 Å². The number of rotatable bonds is 68. The van der Waals surface area contributed by atoms with E-state index in [0.717, 1.165) is 70.6 Å². The monoisotopic (exact) mass is 1150 g/mol. The van der Waals surface area contributed by atoms with E-state index in [1.807, 2.05) is 0 Å². The topological polar surface area (TPSA) is 78.9 Å². The maximum Gasteiger partial charge on any atom is 0.306 e. The number of esters is 3. The molecule has 0 aromatic rings. The maximum atomic E-state index is 12.9. The first-order valence-electron chi connectivity index (χ1n) is 36.6. The normalized spacial score (nSPS) is 12.3. The van der Waals surface area contributed by atoms with Crippen LogP contribution in [0.5, 0.6) is 0 Å². The van der Waals surface area contributed by atoms with Crippen LogP contribution in [0.3, 0.4) is 0 Å². The van der Waals surface area contributed by atoms with Crippen LogP contribution in [-0.2, 0) is 28.6 Å². The molecule has 0 spiro atoms. The fourth-order valence-electron chi connectivity index (χ4n) is 11.0. The summed E-state index contributed by atoms with van der Waals surface area (Å²) in [6, 6.07) is 0. The summed E-state index contributed by atoms with van der Waals surface area (Å²) < 4.78 is 17.0. The Labute approximate surface area is 511 Å². The second-order valence-corrected chi connectivity index (χ2v) is 24.9. The zero-order valence-electron chi connectivity index (χ0n) is 55.3. The Bertz CT molecular complexity index is 1410. The van der Waals surface area contributed by atoms with Crippen LogP contribution in [-0.4, -0.2) is 37.2 Å². The van der Waals surface area contributed by atoms with E-state index < -0.39 is 6.10 Å². The van der Waals surface area contributed by atoms with Crippen molar-refractivity contribution in [3.05, 3.63) is 48.6 Å². The summed E-state index contributed by atoms with van der Waals surface area (Å²) in [6.07, 6.45) is 90.0. The molecule has 0 heterocycles. The highest BCUT2D eigenvalue weighted by atomic mass is 16.6. The van der Waals surface area contributed by atoms with Crippen LogP contribution < -0.4 is 0 Å². The molecule has 0 aromatic carbocycles. The lowest BCUT2D eigenvalue weighted by atomic mass is 10.0. The molecule has 6 nitrogen and oxygen atoms in total. The van der Waals surface area contributed by atoms with Gasteiger partial charge in [0.05, 0.1) is 0 Å². The molecule has 0 rings (SSSR count). The number of hydrogen-bond acceptors (Lipinski definition) is 6. The van der Waals surface area contributed by atoms with Crippen LogP contribution in [0.25, 0.3) is 0 Å². The van der Waals surface area contributed by atoms with Gasteiger partial charge >= 0.3 is 17.9 Å². The summed E-state index contributed by atoms with van der Waals surface area (Å²) in [7, 11) is 0.